The van der Waals surface area contributed by atoms with Crippen molar-refractivity contribution in [1.29, 1.82) is 0 Å². The van der Waals surface area contributed by atoms with Crippen molar-refractivity contribution >= 4 is 34.9 Å². The zero-order valence-electron chi connectivity index (χ0n) is 20.0. The first kappa shape index (κ1) is 25.1. The first-order valence-corrected chi connectivity index (χ1v) is 12.3. The van der Waals surface area contributed by atoms with E-state index in [1.807, 2.05) is 35.2 Å². The second-order valence-corrected chi connectivity index (χ2v) is 9.07. The van der Waals surface area contributed by atoms with Gasteiger partial charge in [0.15, 0.2) is 5.11 Å². The fraction of sp³-hybridized carbons (Fsp3) is 0.143. The van der Waals surface area contributed by atoms with Crippen LogP contribution in [0.4, 0.5) is 10.1 Å². The molecule has 1 aliphatic rings. The van der Waals surface area contributed by atoms with Crippen LogP contribution < -0.4 is 10.6 Å². The van der Waals surface area contributed by atoms with Crippen LogP contribution in [0.25, 0.3) is 11.3 Å². The summed E-state index contributed by atoms with van der Waals surface area (Å²) < 4.78 is 20.2. The quantitative estimate of drug-likeness (QED) is 0.268. The molecule has 0 unspecified atom stereocenters. The van der Waals surface area contributed by atoms with Gasteiger partial charge in [0.2, 0.25) is 5.91 Å². The van der Waals surface area contributed by atoms with Gasteiger partial charge in [-0.15, -0.1) is 0 Å². The van der Waals surface area contributed by atoms with Gasteiger partial charge in [-0.25, -0.2) is 9.18 Å². The number of carboxylic acids is 1. The number of carbonyl (C=O) groups excluding carboxylic acids is 1. The van der Waals surface area contributed by atoms with E-state index in [9.17, 15) is 19.1 Å². The summed E-state index contributed by atoms with van der Waals surface area (Å²) in [5.74, 6) is -0.704. The zero-order chi connectivity index (χ0) is 26.6. The molecule has 1 fully saturated rings. The van der Waals surface area contributed by atoms with Gasteiger partial charge in [0, 0.05) is 24.7 Å². The number of thiocarbonyl (C=S) groups is 1. The van der Waals surface area contributed by atoms with Crippen LogP contribution in [-0.4, -0.2) is 38.5 Å². The molecule has 3 heterocycles. The molecule has 1 aliphatic heterocycles. The summed E-state index contributed by atoms with van der Waals surface area (Å²) in [5, 5.41) is 15.5. The number of carboxylic acid groups (broad SMARTS) is 1. The van der Waals surface area contributed by atoms with Gasteiger partial charge in [-0.3, -0.25) is 9.78 Å². The summed E-state index contributed by atoms with van der Waals surface area (Å²) in [6.07, 6.45) is 1.75. The monoisotopic (exact) mass is 530 g/mol. The Balaban J connectivity index is 1.40. The maximum atomic E-state index is 14.0. The van der Waals surface area contributed by atoms with Crippen molar-refractivity contribution in [1.82, 2.24) is 15.2 Å². The topological polar surface area (TPSA) is 108 Å². The Labute approximate surface area is 223 Å². The number of nitrogens with zero attached hydrogens (tertiary/aromatic N) is 2. The van der Waals surface area contributed by atoms with Crippen molar-refractivity contribution in [3.8, 4) is 11.3 Å². The summed E-state index contributed by atoms with van der Waals surface area (Å²) in [6, 6.07) is 20.9. The Kier molecular flexibility index (Phi) is 7.14. The Bertz CT molecular complexity index is 1480. The van der Waals surface area contributed by atoms with Gasteiger partial charge < -0.3 is 25.1 Å². The minimum atomic E-state index is -1.00. The number of carbonyl (C=O) groups is 2. The standard InChI is InChI=1S/C28H23FN4O4S/c29-19-5-1-2-6-20(19)31-24(34)14-16-33-26(25(32-28(33)38)21-7-3-4-15-30-21)23-13-12-22(37-23)17-8-10-18(11-9-17)27(35)36/h1-13,15,25-26H,14,16H2,(H,31,34)(H,32,38)(H,35,36)/t25-,26-/m0/s1. The third-order valence-electron chi connectivity index (χ3n) is 6.26. The number of aromatic carboxylic acids is 1. The number of nitrogens with one attached hydrogen (secondary N) is 2. The number of halogens is 1. The maximum Gasteiger partial charge on any atom is 0.335 e. The van der Waals surface area contributed by atoms with E-state index in [1.54, 1.807) is 30.5 Å². The molecule has 8 nitrogen and oxygen atoms in total. The number of aromatic nitrogens is 1. The number of benzene rings is 2. The highest BCUT2D eigenvalue weighted by atomic mass is 32.1. The van der Waals surface area contributed by atoms with Gasteiger partial charge in [-0.05, 0) is 60.7 Å². The lowest BCUT2D eigenvalue weighted by molar-refractivity contribution is -0.116. The molecule has 2 aromatic heterocycles. The molecule has 192 valence electrons. The third-order valence-corrected chi connectivity index (χ3v) is 6.61. The van der Waals surface area contributed by atoms with Crippen LogP contribution in [0.1, 0.15) is 40.3 Å². The lowest BCUT2D eigenvalue weighted by Crippen LogP contribution is -2.32. The van der Waals surface area contributed by atoms with E-state index in [4.69, 9.17) is 16.6 Å². The van der Waals surface area contributed by atoms with E-state index < -0.39 is 17.8 Å². The van der Waals surface area contributed by atoms with Crippen molar-refractivity contribution in [3.63, 3.8) is 0 Å². The number of hydrogen-bond donors (Lipinski definition) is 3. The second kappa shape index (κ2) is 10.8. The van der Waals surface area contributed by atoms with Crippen LogP contribution in [0.2, 0.25) is 0 Å². The van der Waals surface area contributed by atoms with Gasteiger partial charge in [-0.1, -0.05) is 30.3 Å². The number of amides is 1. The van der Waals surface area contributed by atoms with E-state index in [1.165, 1.54) is 24.3 Å². The van der Waals surface area contributed by atoms with Gasteiger partial charge in [0.25, 0.3) is 0 Å². The molecule has 0 saturated carbocycles. The van der Waals surface area contributed by atoms with Gasteiger partial charge in [0.05, 0.1) is 23.0 Å². The molecular weight excluding hydrogens is 507 g/mol. The van der Waals surface area contributed by atoms with Crippen LogP contribution in [0.3, 0.4) is 0 Å². The summed E-state index contributed by atoms with van der Waals surface area (Å²) in [7, 11) is 0. The normalized spacial score (nSPS) is 16.8. The fourth-order valence-corrected chi connectivity index (χ4v) is 4.73. The first-order chi connectivity index (χ1) is 18.4. The third kappa shape index (κ3) is 5.25. The molecule has 10 heteroatoms. The van der Waals surface area contributed by atoms with Crippen molar-refractivity contribution in [2.45, 2.75) is 18.5 Å². The average Bonchev–Trinajstić information content (AvgIpc) is 3.54. The molecular formula is C28H23FN4O4S. The highest BCUT2D eigenvalue weighted by Gasteiger charge is 2.41. The van der Waals surface area contributed by atoms with Gasteiger partial charge in [0.1, 0.15) is 23.4 Å². The summed E-state index contributed by atoms with van der Waals surface area (Å²) in [6.45, 7) is 0.253. The fourth-order valence-electron chi connectivity index (χ4n) is 4.40. The number of pyridine rings is 1. The molecule has 2 atom stereocenters. The van der Waals surface area contributed by atoms with Crippen LogP contribution in [0, 0.1) is 5.82 Å². The predicted octanol–water partition coefficient (Wildman–Crippen LogP) is 5.18. The van der Waals surface area contributed by atoms with E-state index in [2.05, 4.69) is 15.6 Å². The summed E-state index contributed by atoms with van der Waals surface area (Å²) in [5.41, 5.74) is 1.77. The molecule has 1 amide bonds. The highest BCUT2D eigenvalue weighted by molar-refractivity contribution is 7.80. The Morgan fingerprint density at radius 2 is 1.82 bits per heavy atom. The smallest absolute Gasteiger partial charge is 0.335 e. The second-order valence-electron chi connectivity index (χ2n) is 8.68. The average molecular weight is 531 g/mol. The van der Waals surface area contributed by atoms with Gasteiger partial charge >= 0.3 is 5.97 Å². The van der Waals surface area contributed by atoms with E-state index in [0.717, 1.165) is 11.3 Å². The molecule has 5 rings (SSSR count). The summed E-state index contributed by atoms with van der Waals surface area (Å²) in [4.78, 5) is 30.2. The minimum Gasteiger partial charge on any atom is -0.478 e. The molecule has 0 bridgehead atoms. The molecule has 38 heavy (non-hydrogen) atoms. The largest absolute Gasteiger partial charge is 0.478 e. The van der Waals surface area contributed by atoms with Crippen LogP contribution in [0.5, 0.6) is 0 Å². The van der Waals surface area contributed by atoms with E-state index >= 15 is 0 Å². The molecule has 3 N–H and O–H groups in total. The number of furan rings is 1. The van der Waals surface area contributed by atoms with Crippen LogP contribution >= 0.6 is 12.2 Å². The number of rotatable bonds is 8. The van der Waals surface area contributed by atoms with Gasteiger partial charge in [-0.2, -0.15) is 0 Å². The molecule has 2 aromatic carbocycles. The molecule has 0 spiro atoms. The molecule has 4 aromatic rings. The maximum absolute atomic E-state index is 14.0. The molecule has 1 saturated heterocycles. The number of anilines is 1. The Hall–Kier alpha value is -4.57. The number of para-hydroxylation sites is 1. The minimum absolute atomic E-state index is 0.0613. The van der Waals surface area contributed by atoms with Crippen molar-refractivity contribution < 1.29 is 23.5 Å². The van der Waals surface area contributed by atoms with Crippen LogP contribution in [-0.2, 0) is 4.79 Å². The first-order valence-electron chi connectivity index (χ1n) is 11.9. The number of hydrogen-bond acceptors (Lipinski definition) is 5. The predicted molar refractivity (Wildman–Crippen MR) is 143 cm³/mol. The summed E-state index contributed by atoms with van der Waals surface area (Å²) >= 11 is 5.63. The lowest BCUT2D eigenvalue weighted by Gasteiger charge is -2.25. The molecule has 0 radical (unpaired) electrons. The molecule has 0 aliphatic carbocycles. The lowest BCUT2D eigenvalue weighted by atomic mass is 10.0. The highest BCUT2D eigenvalue weighted by Crippen LogP contribution is 2.40. The van der Waals surface area contributed by atoms with Crippen LogP contribution in [0.15, 0.2) is 89.5 Å². The van der Waals surface area contributed by atoms with E-state index in [-0.39, 0.29) is 36.2 Å². The van der Waals surface area contributed by atoms with Crippen molar-refractivity contribution in [2.24, 2.45) is 0 Å². The van der Waals surface area contributed by atoms with Crippen molar-refractivity contribution in [2.75, 3.05) is 11.9 Å². The van der Waals surface area contributed by atoms with E-state index in [0.29, 0.717) is 16.6 Å². The SMILES string of the molecule is O=C(CCN1C(=S)N[C@@H](c2ccccn2)[C@@H]1c1ccc(-c2ccc(C(=O)O)cc2)o1)Nc1ccccc1F. The Morgan fingerprint density at radius 3 is 2.53 bits per heavy atom. The zero-order valence-corrected chi connectivity index (χ0v) is 20.8. The Morgan fingerprint density at radius 1 is 1.05 bits per heavy atom. The van der Waals surface area contributed by atoms with Crippen molar-refractivity contribution in [3.05, 3.63) is 108 Å².